The molecule has 0 bridgehead atoms. The summed E-state index contributed by atoms with van der Waals surface area (Å²) in [6.45, 7) is 1.44. The molecule has 1 amide bonds. The van der Waals surface area contributed by atoms with E-state index in [4.69, 9.17) is 0 Å². The number of nitrogens with zero attached hydrogens (tertiary/aromatic N) is 1. The molecule has 1 aromatic rings. The summed E-state index contributed by atoms with van der Waals surface area (Å²) >= 11 is 0. The van der Waals surface area contributed by atoms with E-state index in [0.29, 0.717) is 11.3 Å². The van der Waals surface area contributed by atoms with Crippen molar-refractivity contribution >= 4 is 17.4 Å². The normalized spacial score (nSPS) is 19.2. The first-order valence-corrected chi connectivity index (χ1v) is 4.69. The van der Waals surface area contributed by atoms with Gasteiger partial charge in [0, 0.05) is 5.56 Å². The Balaban J connectivity index is 2.42. The van der Waals surface area contributed by atoms with E-state index in [1.54, 1.807) is 24.3 Å². The number of ketones is 1. The van der Waals surface area contributed by atoms with Crippen molar-refractivity contribution in [2.24, 2.45) is 0 Å². The van der Waals surface area contributed by atoms with E-state index < -0.39 is 12.0 Å². The van der Waals surface area contributed by atoms with Crippen molar-refractivity contribution in [2.75, 3.05) is 11.4 Å². The third-order valence-electron chi connectivity index (χ3n) is 2.40. The lowest BCUT2D eigenvalue weighted by molar-refractivity contribution is -0.127. The number of rotatable bonds is 2. The van der Waals surface area contributed by atoms with Crippen LogP contribution in [-0.4, -0.2) is 23.3 Å². The number of aliphatic hydroxyl groups excluding tert-OH is 1. The largest absolute Gasteiger partial charge is 0.378 e. The van der Waals surface area contributed by atoms with Crippen molar-refractivity contribution in [3.63, 3.8) is 0 Å². The van der Waals surface area contributed by atoms with E-state index in [2.05, 4.69) is 0 Å². The van der Waals surface area contributed by atoms with E-state index in [1.165, 1.54) is 11.8 Å². The number of carbonyl (C=O) groups is 2. The van der Waals surface area contributed by atoms with Crippen molar-refractivity contribution in [1.82, 2.24) is 0 Å². The Hall–Kier alpha value is -1.68. The zero-order valence-corrected chi connectivity index (χ0v) is 8.30. The summed E-state index contributed by atoms with van der Waals surface area (Å²) in [5, 5.41) is 9.63. The number of benzene rings is 1. The summed E-state index contributed by atoms with van der Waals surface area (Å²) < 4.78 is 0. The second-order valence-electron chi connectivity index (χ2n) is 3.59. The van der Waals surface area contributed by atoms with E-state index in [0.717, 1.165) is 0 Å². The minimum atomic E-state index is -1.12. The van der Waals surface area contributed by atoms with Crippen molar-refractivity contribution in [3.8, 4) is 0 Å². The topological polar surface area (TPSA) is 57.6 Å². The third kappa shape index (κ3) is 1.53. The van der Waals surface area contributed by atoms with Crippen LogP contribution in [0.4, 0.5) is 5.69 Å². The Bertz CT molecular complexity index is 428. The maximum absolute atomic E-state index is 11.6. The number of para-hydroxylation sites is 1. The lowest BCUT2D eigenvalue weighted by Gasteiger charge is -2.14. The molecule has 1 aliphatic heterocycles. The lowest BCUT2D eigenvalue weighted by Crippen LogP contribution is -2.32. The number of carbonyl (C=O) groups excluding carboxylic acids is 2. The Kier molecular flexibility index (Phi) is 2.28. The summed E-state index contributed by atoms with van der Waals surface area (Å²) in [7, 11) is 0. The zero-order chi connectivity index (χ0) is 11.0. The number of fused-ring (bicyclic) bond motifs is 1. The number of hydrogen-bond acceptors (Lipinski definition) is 3. The van der Waals surface area contributed by atoms with Crippen LogP contribution in [0.5, 0.6) is 0 Å². The molecule has 0 unspecified atom stereocenters. The molecule has 78 valence electrons. The molecule has 1 aromatic carbocycles. The van der Waals surface area contributed by atoms with Crippen LogP contribution >= 0.6 is 0 Å². The van der Waals surface area contributed by atoms with E-state index in [9.17, 15) is 14.7 Å². The van der Waals surface area contributed by atoms with Crippen LogP contribution in [0, 0.1) is 0 Å². The van der Waals surface area contributed by atoms with Crippen LogP contribution in [-0.2, 0) is 9.59 Å². The summed E-state index contributed by atoms with van der Waals surface area (Å²) in [6.07, 6.45) is -1.12. The molecular weight excluding hydrogens is 194 g/mol. The summed E-state index contributed by atoms with van der Waals surface area (Å²) in [6, 6.07) is 6.95. The van der Waals surface area contributed by atoms with Crippen LogP contribution in [0.3, 0.4) is 0 Å². The van der Waals surface area contributed by atoms with Gasteiger partial charge in [-0.05, 0) is 13.0 Å². The first-order valence-electron chi connectivity index (χ1n) is 4.69. The Morgan fingerprint density at radius 1 is 1.47 bits per heavy atom. The highest BCUT2D eigenvalue weighted by atomic mass is 16.3. The van der Waals surface area contributed by atoms with Gasteiger partial charge in [-0.2, -0.15) is 0 Å². The van der Waals surface area contributed by atoms with E-state index in [-0.39, 0.29) is 12.3 Å². The van der Waals surface area contributed by atoms with Crippen molar-refractivity contribution < 1.29 is 14.7 Å². The maximum Gasteiger partial charge on any atom is 0.260 e. The van der Waals surface area contributed by atoms with Gasteiger partial charge >= 0.3 is 0 Å². The summed E-state index contributed by atoms with van der Waals surface area (Å²) in [5.74, 6) is -0.529. The molecule has 4 heteroatoms. The number of hydrogen-bond donors (Lipinski definition) is 1. The Labute approximate surface area is 87.1 Å². The predicted molar refractivity (Wildman–Crippen MR) is 54.4 cm³/mol. The van der Waals surface area contributed by atoms with Gasteiger partial charge < -0.3 is 10.0 Å². The lowest BCUT2D eigenvalue weighted by atomic mass is 10.1. The highest BCUT2D eigenvalue weighted by molar-refractivity contribution is 6.06. The quantitative estimate of drug-likeness (QED) is 0.771. The monoisotopic (exact) mass is 205 g/mol. The molecule has 0 saturated heterocycles. The van der Waals surface area contributed by atoms with Gasteiger partial charge in [0.2, 0.25) is 0 Å². The predicted octanol–water partition coefficient (Wildman–Crippen LogP) is 0.656. The number of amides is 1. The molecule has 1 N–H and O–H groups in total. The molecule has 0 aromatic heterocycles. The van der Waals surface area contributed by atoms with Gasteiger partial charge in [0.15, 0.2) is 6.10 Å². The first kappa shape index (κ1) is 9.86. The zero-order valence-electron chi connectivity index (χ0n) is 8.30. The molecule has 15 heavy (non-hydrogen) atoms. The van der Waals surface area contributed by atoms with E-state index in [1.807, 2.05) is 0 Å². The average Bonchev–Trinajstić information content (AvgIpc) is 2.44. The molecule has 0 spiro atoms. The van der Waals surface area contributed by atoms with Gasteiger partial charge in [0.1, 0.15) is 5.78 Å². The SMILES string of the molecule is CC(=O)CN1C(=O)[C@H](O)c2ccccc21. The van der Waals surface area contributed by atoms with Crippen LogP contribution in [0.25, 0.3) is 0 Å². The molecule has 0 fully saturated rings. The third-order valence-corrected chi connectivity index (χ3v) is 2.40. The minimum absolute atomic E-state index is 0.0207. The molecule has 1 aliphatic rings. The fourth-order valence-electron chi connectivity index (χ4n) is 1.75. The molecule has 0 radical (unpaired) electrons. The van der Waals surface area contributed by atoms with Gasteiger partial charge in [-0.1, -0.05) is 18.2 Å². The van der Waals surface area contributed by atoms with Gasteiger partial charge in [-0.3, -0.25) is 9.59 Å². The molecule has 4 nitrogen and oxygen atoms in total. The summed E-state index contributed by atoms with van der Waals surface area (Å²) in [5.41, 5.74) is 1.20. The maximum atomic E-state index is 11.6. The summed E-state index contributed by atoms with van der Waals surface area (Å²) in [4.78, 5) is 23.9. The second-order valence-corrected chi connectivity index (χ2v) is 3.59. The van der Waals surface area contributed by atoms with Crippen molar-refractivity contribution in [1.29, 1.82) is 0 Å². The standard InChI is InChI=1S/C11H11NO3/c1-7(13)6-12-9-5-3-2-4-8(9)10(14)11(12)15/h2-5,10,14H,6H2,1H3/t10-/m1/s1. The van der Waals surface area contributed by atoms with Crippen molar-refractivity contribution in [3.05, 3.63) is 29.8 Å². The molecule has 1 atom stereocenters. The number of anilines is 1. The van der Waals surface area contributed by atoms with Crippen LogP contribution in [0.15, 0.2) is 24.3 Å². The van der Waals surface area contributed by atoms with Gasteiger partial charge in [0.25, 0.3) is 5.91 Å². The highest BCUT2D eigenvalue weighted by Gasteiger charge is 2.35. The molecule has 1 heterocycles. The molecule has 0 aliphatic carbocycles. The second kappa shape index (κ2) is 3.47. The first-order chi connectivity index (χ1) is 7.11. The fourth-order valence-corrected chi connectivity index (χ4v) is 1.75. The highest BCUT2D eigenvalue weighted by Crippen LogP contribution is 2.34. The average molecular weight is 205 g/mol. The van der Waals surface area contributed by atoms with Gasteiger partial charge in [-0.25, -0.2) is 0 Å². The van der Waals surface area contributed by atoms with Crippen LogP contribution in [0.1, 0.15) is 18.6 Å². The van der Waals surface area contributed by atoms with Crippen LogP contribution < -0.4 is 4.90 Å². The molecule has 2 rings (SSSR count). The van der Waals surface area contributed by atoms with Crippen LogP contribution in [0.2, 0.25) is 0 Å². The number of Topliss-reactive ketones (excluding diaryl/α,β-unsaturated/α-hetero) is 1. The van der Waals surface area contributed by atoms with E-state index >= 15 is 0 Å². The molecule has 0 saturated carbocycles. The fraction of sp³-hybridized carbons (Fsp3) is 0.273. The smallest absolute Gasteiger partial charge is 0.260 e. The minimum Gasteiger partial charge on any atom is -0.378 e. The molecular formula is C11H11NO3. The van der Waals surface area contributed by atoms with Gasteiger partial charge in [-0.15, -0.1) is 0 Å². The Morgan fingerprint density at radius 3 is 2.80 bits per heavy atom. The number of aliphatic hydroxyl groups is 1. The van der Waals surface area contributed by atoms with Crippen molar-refractivity contribution in [2.45, 2.75) is 13.0 Å². The Morgan fingerprint density at radius 2 is 2.13 bits per heavy atom. The van der Waals surface area contributed by atoms with Gasteiger partial charge in [0.05, 0.1) is 12.2 Å².